The molecule has 0 saturated heterocycles. The number of ether oxygens (including phenoxy) is 8. The molecule has 0 rings (SSSR count). The predicted molar refractivity (Wildman–Crippen MR) is 286 cm³/mol. The lowest BCUT2D eigenvalue weighted by Crippen LogP contribution is -2.48. The van der Waals surface area contributed by atoms with Gasteiger partial charge in [-0.1, -0.05) is 6.92 Å². The van der Waals surface area contributed by atoms with E-state index in [4.69, 9.17) is 49.4 Å². The molecule has 0 aliphatic rings. The first-order chi connectivity index (χ1) is 37.7. The minimum Gasteiger partial charge on any atom is -0.379 e. The lowest BCUT2D eigenvalue weighted by molar-refractivity contribution is -0.132. The highest BCUT2D eigenvalue weighted by atomic mass is 16.5. The number of nitrogens with one attached hydrogen (secondary N) is 9. The lowest BCUT2D eigenvalue weighted by atomic mass is 10.1. The fourth-order valence-corrected chi connectivity index (χ4v) is 6.78. The summed E-state index contributed by atoms with van der Waals surface area (Å²) < 4.78 is 42.8. The van der Waals surface area contributed by atoms with E-state index in [0.29, 0.717) is 97.2 Å². The number of primary amides is 2. The molecular formula is C50H95N11O17. The SMILES string of the molecule is CCCOCCOCC(=O)NCCOCCOCC(=O)N[C@@H](CCCCNC(=O)CCCC(=O)NCCOCCOCC(=O)NCCOCCOCC(=O)NCCCC[C@H](NC)C(N)=O)C(=O)NCCCC[C@H](NC)C(N)=O. The number of amides is 9. The molecule has 0 aliphatic heterocycles. The van der Waals surface area contributed by atoms with E-state index in [2.05, 4.69) is 47.9 Å². The van der Waals surface area contributed by atoms with Crippen molar-refractivity contribution in [3.63, 3.8) is 0 Å². The summed E-state index contributed by atoms with van der Waals surface area (Å²) in [5.41, 5.74) is 10.7. The van der Waals surface area contributed by atoms with Gasteiger partial charge in [-0.15, -0.1) is 0 Å². The van der Waals surface area contributed by atoms with Crippen molar-refractivity contribution in [1.82, 2.24) is 47.9 Å². The molecule has 0 aliphatic carbocycles. The van der Waals surface area contributed by atoms with Gasteiger partial charge in [0.25, 0.3) is 0 Å². The van der Waals surface area contributed by atoms with Gasteiger partial charge in [-0.2, -0.15) is 0 Å². The molecule has 28 heteroatoms. The number of unbranched alkanes of at least 4 members (excludes halogenated alkanes) is 3. The lowest BCUT2D eigenvalue weighted by Gasteiger charge is -2.19. The van der Waals surface area contributed by atoms with Crippen molar-refractivity contribution in [1.29, 1.82) is 0 Å². The molecule has 13 N–H and O–H groups in total. The van der Waals surface area contributed by atoms with Gasteiger partial charge in [-0.25, -0.2) is 0 Å². The van der Waals surface area contributed by atoms with Crippen LogP contribution in [0.2, 0.25) is 0 Å². The molecule has 0 spiro atoms. The average Bonchev–Trinajstić information content (AvgIpc) is 3.40. The number of nitrogens with two attached hydrogens (primary N) is 2. The summed E-state index contributed by atoms with van der Waals surface area (Å²) in [6.45, 7) is 6.52. The first-order valence-corrected chi connectivity index (χ1v) is 27.2. The van der Waals surface area contributed by atoms with Crippen LogP contribution in [0.15, 0.2) is 0 Å². The van der Waals surface area contributed by atoms with Crippen LogP contribution in [0.1, 0.15) is 90.4 Å². The molecule has 0 heterocycles. The fourth-order valence-electron chi connectivity index (χ4n) is 6.78. The van der Waals surface area contributed by atoms with E-state index >= 15 is 0 Å². The molecule has 452 valence electrons. The molecule has 28 nitrogen and oxygen atoms in total. The van der Waals surface area contributed by atoms with Crippen molar-refractivity contribution in [3.05, 3.63) is 0 Å². The highest BCUT2D eigenvalue weighted by molar-refractivity contribution is 5.88. The Labute approximate surface area is 460 Å². The first-order valence-electron chi connectivity index (χ1n) is 27.2. The van der Waals surface area contributed by atoms with Crippen molar-refractivity contribution >= 4 is 53.2 Å². The maximum absolute atomic E-state index is 13.1. The van der Waals surface area contributed by atoms with Crippen molar-refractivity contribution in [2.75, 3.05) is 159 Å². The quantitative estimate of drug-likeness (QED) is 0.0264. The second-order valence-corrected chi connectivity index (χ2v) is 17.6. The van der Waals surface area contributed by atoms with Crippen LogP contribution in [-0.4, -0.2) is 230 Å². The van der Waals surface area contributed by atoms with Gasteiger partial charge in [0.2, 0.25) is 53.2 Å². The van der Waals surface area contributed by atoms with Gasteiger partial charge in [0.1, 0.15) is 32.5 Å². The Morgan fingerprint density at radius 3 is 1.05 bits per heavy atom. The summed E-state index contributed by atoms with van der Waals surface area (Å²) in [7, 11) is 3.32. The molecule has 78 heavy (non-hydrogen) atoms. The Balaban J connectivity index is 4.16. The molecule has 0 unspecified atom stereocenters. The maximum atomic E-state index is 13.1. The topological polar surface area (TPSA) is 388 Å². The summed E-state index contributed by atoms with van der Waals surface area (Å²) in [4.78, 5) is 109. The maximum Gasteiger partial charge on any atom is 0.246 e. The molecule has 0 aromatic heterocycles. The number of rotatable bonds is 56. The van der Waals surface area contributed by atoms with E-state index in [1.165, 1.54) is 0 Å². The van der Waals surface area contributed by atoms with Gasteiger partial charge < -0.3 is 97.2 Å². The van der Waals surface area contributed by atoms with Crippen LogP contribution in [0.4, 0.5) is 0 Å². The van der Waals surface area contributed by atoms with Crippen molar-refractivity contribution in [2.24, 2.45) is 11.5 Å². The smallest absolute Gasteiger partial charge is 0.246 e. The predicted octanol–water partition coefficient (Wildman–Crippen LogP) is -3.46. The Hall–Kier alpha value is -5.17. The Bertz CT molecular complexity index is 1640. The summed E-state index contributed by atoms with van der Waals surface area (Å²) >= 11 is 0. The molecule has 3 atom stereocenters. The number of hydrogen-bond acceptors (Lipinski definition) is 19. The molecule has 0 saturated carbocycles. The highest BCUT2D eigenvalue weighted by Gasteiger charge is 2.21. The molecule has 9 amide bonds. The fraction of sp³-hybridized carbons (Fsp3) is 0.820. The molecule has 0 aromatic carbocycles. The van der Waals surface area contributed by atoms with Crippen molar-refractivity contribution < 1.29 is 81.0 Å². The average molecular weight is 1120 g/mol. The van der Waals surface area contributed by atoms with E-state index in [1.54, 1.807) is 14.1 Å². The Kier molecular flexibility index (Phi) is 49.0. The van der Waals surface area contributed by atoms with Gasteiger partial charge in [0, 0.05) is 58.7 Å². The van der Waals surface area contributed by atoms with Crippen LogP contribution >= 0.6 is 0 Å². The third-order valence-electron chi connectivity index (χ3n) is 11.0. The van der Waals surface area contributed by atoms with E-state index in [1.807, 2.05) is 6.92 Å². The van der Waals surface area contributed by atoms with E-state index in [-0.39, 0.29) is 160 Å². The van der Waals surface area contributed by atoms with E-state index in [9.17, 15) is 43.2 Å². The normalized spacial score (nSPS) is 12.2. The number of carbonyl (C=O) groups is 9. The van der Waals surface area contributed by atoms with Crippen LogP contribution in [0.5, 0.6) is 0 Å². The summed E-state index contributed by atoms with van der Waals surface area (Å²) in [6.07, 6.45) is 6.63. The van der Waals surface area contributed by atoms with Crippen LogP contribution in [-0.2, 0) is 81.0 Å². The van der Waals surface area contributed by atoms with Crippen LogP contribution in [0.3, 0.4) is 0 Å². The summed E-state index contributed by atoms with van der Waals surface area (Å²) in [5, 5.41) is 24.9. The molecule has 0 aromatic rings. The van der Waals surface area contributed by atoms with E-state index < -0.39 is 29.8 Å². The third kappa shape index (κ3) is 46.9. The van der Waals surface area contributed by atoms with Gasteiger partial charge in [-0.05, 0) is 84.7 Å². The molecule has 0 bridgehead atoms. The summed E-state index contributed by atoms with van der Waals surface area (Å²) in [5.74, 6) is -3.03. The minimum absolute atomic E-state index is 0.0776. The van der Waals surface area contributed by atoms with Crippen LogP contribution in [0.25, 0.3) is 0 Å². The zero-order chi connectivity index (χ0) is 57.7. The number of hydrogen-bond donors (Lipinski definition) is 11. The monoisotopic (exact) mass is 1120 g/mol. The molecular weight excluding hydrogens is 1030 g/mol. The largest absolute Gasteiger partial charge is 0.379 e. The van der Waals surface area contributed by atoms with Crippen molar-refractivity contribution in [2.45, 2.75) is 109 Å². The Morgan fingerprint density at radius 1 is 0.346 bits per heavy atom. The minimum atomic E-state index is -0.860. The Morgan fingerprint density at radius 2 is 0.667 bits per heavy atom. The standard InChI is InChI=1S/C50H95N11O17/c1-4-23-71-27-31-75-36-45(65)58-22-26-74-30-34-78-38-47(67)61-41(50(70)60-19-10-6-13-40(54-3)49(52)69)14-7-9-17-55-42(62)15-11-16-43(63)57-20-24-72-28-33-77-37-46(66)59-21-25-73-29-32-76-35-44(64)56-18-8-5-12-39(53-2)48(51)68/h39-41,53-54H,4-38H2,1-3H3,(H2,51,68)(H2,52,69)(H,55,62)(H,56,64)(H,57,63)(H,58,65)(H,59,66)(H,60,70)(H,61,67)/t39-,40-,41-/m0/s1. The zero-order valence-corrected chi connectivity index (χ0v) is 46.6. The van der Waals surface area contributed by atoms with Gasteiger partial charge in [0.15, 0.2) is 0 Å². The van der Waals surface area contributed by atoms with Crippen LogP contribution < -0.4 is 59.3 Å². The molecule has 0 radical (unpaired) electrons. The van der Waals surface area contributed by atoms with E-state index in [0.717, 1.165) is 12.8 Å². The number of likely N-dealkylation sites (N-methyl/N-ethyl adjacent to an activating group) is 2. The number of carbonyl (C=O) groups excluding carboxylic acids is 9. The summed E-state index contributed by atoms with van der Waals surface area (Å²) in [6, 6.07) is -1.71. The first kappa shape index (κ1) is 72.8. The second-order valence-electron chi connectivity index (χ2n) is 17.6. The second kappa shape index (κ2) is 52.5. The van der Waals surface area contributed by atoms with Gasteiger partial charge in [-0.3, -0.25) is 43.2 Å². The van der Waals surface area contributed by atoms with Crippen LogP contribution in [0, 0.1) is 0 Å². The van der Waals surface area contributed by atoms with Gasteiger partial charge in [0.05, 0.1) is 84.8 Å². The molecule has 0 fully saturated rings. The third-order valence-corrected chi connectivity index (χ3v) is 11.0. The van der Waals surface area contributed by atoms with Crippen molar-refractivity contribution in [3.8, 4) is 0 Å². The highest BCUT2D eigenvalue weighted by Crippen LogP contribution is 2.05. The zero-order valence-electron chi connectivity index (χ0n) is 46.6. The van der Waals surface area contributed by atoms with Gasteiger partial charge >= 0.3 is 0 Å².